The lowest BCUT2D eigenvalue weighted by Gasteiger charge is -2.37. The molecule has 31 heavy (non-hydrogen) atoms. The predicted molar refractivity (Wildman–Crippen MR) is 122 cm³/mol. The summed E-state index contributed by atoms with van der Waals surface area (Å²) in [4.78, 5) is 32.0. The zero-order valence-electron chi connectivity index (χ0n) is 18.4. The standard InChI is InChI=1S/C25H29N3O3/c1-4-28-24(29)22(19-10-12-21(13-11-19)31-18(2)3)23(25(28)30)27-16-14-26(15-17-27)20-8-6-5-7-9-20/h5-13,18H,4,14-17H2,1-3H3. The lowest BCUT2D eigenvalue weighted by atomic mass is 10.0. The molecule has 4 rings (SSSR count). The van der Waals surface area contributed by atoms with E-state index in [0.29, 0.717) is 30.9 Å². The van der Waals surface area contributed by atoms with Crippen molar-refractivity contribution in [1.82, 2.24) is 9.80 Å². The highest BCUT2D eigenvalue weighted by Gasteiger charge is 2.41. The van der Waals surface area contributed by atoms with Crippen molar-refractivity contribution in [2.24, 2.45) is 0 Å². The molecule has 0 N–H and O–H groups in total. The second kappa shape index (κ2) is 8.84. The Balaban J connectivity index is 1.61. The molecule has 2 aliphatic heterocycles. The van der Waals surface area contributed by atoms with Crippen LogP contribution in [0.15, 0.2) is 60.3 Å². The van der Waals surface area contributed by atoms with E-state index in [1.807, 2.05) is 63.2 Å². The van der Waals surface area contributed by atoms with Gasteiger partial charge in [-0.3, -0.25) is 14.5 Å². The van der Waals surface area contributed by atoms with Crippen LogP contribution in [0.1, 0.15) is 26.3 Å². The number of carbonyl (C=O) groups is 2. The second-order valence-electron chi connectivity index (χ2n) is 8.08. The van der Waals surface area contributed by atoms with Gasteiger partial charge in [0.15, 0.2) is 0 Å². The van der Waals surface area contributed by atoms with Crippen molar-refractivity contribution in [3.05, 3.63) is 65.9 Å². The van der Waals surface area contributed by atoms with Gasteiger partial charge >= 0.3 is 0 Å². The van der Waals surface area contributed by atoms with Gasteiger partial charge in [-0.2, -0.15) is 0 Å². The minimum atomic E-state index is -0.217. The van der Waals surface area contributed by atoms with Gasteiger partial charge in [-0.05, 0) is 50.6 Å². The first-order chi connectivity index (χ1) is 15.0. The average molecular weight is 420 g/mol. The number of hydrogen-bond donors (Lipinski definition) is 0. The first-order valence-corrected chi connectivity index (χ1v) is 10.9. The van der Waals surface area contributed by atoms with E-state index in [-0.39, 0.29) is 17.9 Å². The summed E-state index contributed by atoms with van der Waals surface area (Å²) >= 11 is 0. The van der Waals surface area contributed by atoms with Gasteiger partial charge in [-0.1, -0.05) is 30.3 Å². The van der Waals surface area contributed by atoms with Gasteiger partial charge in [0.25, 0.3) is 11.8 Å². The second-order valence-corrected chi connectivity index (χ2v) is 8.08. The Labute approximate surface area is 183 Å². The van der Waals surface area contributed by atoms with Crippen LogP contribution in [0, 0.1) is 0 Å². The molecule has 0 radical (unpaired) electrons. The number of anilines is 1. The van der Waals surface area contributed by atoms with Crippen LogP contribution in [-0.2, 0) is 9.59 Å². The van der Waals surface area contributed by atoms with E-state index in [2.05, 4.69) is 21.9 Å². The van der Waals surface area contributed by atoms with E-state index in [9.17, 15) is 9.59 Å². The number of imide groups is 1. The quantitative estimate of drug-likeness (QED) is 0.672. The molecule has 6 heteroatoms. The summed E-state index contributed by atoms with van der Waals surface area (Å²) in [5, 5.41) is 0. The van der Waals surface area contributed by atoms with Crippen molar-refractivity contribution in [1.29, 1.82) is 0 Å². The van der Waals surface area contributed by atoms with Crippen molar-refractivity contribution in [2.75, 3.05) is 37.6 Å². The molecule has 2 amide bonds. The fraction of sp³-hybridized carbons (Fsp3) is 0.360. The molecule has 6 nitrogen and oxygen atoms in total. The highest BCUT2D eigenvalue weighted by atomic mass is 16.5. The van der Waals surface area contributed by atoms with Crippen LogP contribution >= 0.6 is 0 Å². The van der Waals surface area contributed by atoms with E-state index in [1.54, 1.807) is 0 Å². The maximum atomic E-state index is 13.2. The number of piperazine rings is 1. The predicted octanol–water partition coefficient (Wildman–Crippen LogP) is 3.40. The zero-order valence-corrected chi connectivity index (χ0v) is 18.4. The van der Waals surface area contributed by atoms with Crippen LogP contribution in [0.2, 0.25) is 0 Å². The van der Waals surface area contributed by atoms with Crippen LogP contribution in [0.5, 0.6) is 5.75 Å². The van der Waals surface area contributed by atoms with E-state index >= 15 is 0 Å². The van der Waals surface area contributed by atoms with Crippen molar-refractivity contribution in [3.8, 4) is 5.75 Å². The minimum Gasteiger partial charge on any atom is -0.491 e. The van der Waals surface area contributed by atoms with Crippen molar-refractivity contribution in [3.63, 3.8) is 0 Å². The summed E-state index contributed by atoms with van der Waals surface area (Å²) in [6, 6.07) is 17.7. The molecule has 0 aromatic heterocycles. The van der Waals surface area contributed by atoms with Crippen molar-refractivity contribution < 1.29 is 14.3 Å². The van der Waals surface area contributed by atoms with Crippen LogP contribution in [-0.4, -0.2) is 60.4 Å². The fourth-order valence-corrected chi connectivity index (χ4v) is 4.20. The van der Waals surface area contributed by atoms with Gasteiger partial charge < -0.3 is 14.5 Å². The van der Waals surface area contributed by atoms with Crippen LogP contribution in [0.3, 0.4) is 0 Å². The third-order valence-corrected chi connectivity index (χ3v) is 5.69. The van der Waals surface area contributed by atoms with Gasteiger partial charge in [0.2, 0.25) is 0 Å². The molecular formula is C25H29N3O3. The molecule has 2 aromatic carbocycles. The Bertz CT molecular complexity index is 975. The molecule has 1 fully saturated rings. The molecule has 162 valence electrons. The highest BCUT2D eigenvalue weighted by Crippen LogP contribution is 2.33. The number of amides is 2. The van der Waals surface area contributed by atoms with E-state index in [0.717, 1.165) is 24.4 Å². The van der Waals surface area contributed by atoms with Gasteiger partial charge in [0, 0.05) is 38.4 Å². The lowest BCUT2D eigenvalue weighted by Crippen LogP contribution is -2.47. The monoisotopic (exact) mass is 419 g/mol. The molecule has 2 aliphatic rings. The van der Waals surface area contributed by atoms with Crippen LogP contribution < -0.4 is 9.64 Å². The smallest absolute Gasteiger partial charge is 0.277 e. The number of rotatable bonds is 6. The SMILES string of the molecule is CCN1C(=O)C(c2ccc(OC(C)C)cc2)=C(N2CCN(c3ccccc3)CC2)C1=O. The van der Waals surface area contributed by atoms with E-state index in [4.69, 9.17) is 4.74 Å². The highest BCUT2D eigenvalue weighted by molar-refractivity contribution is 6.35. The Hall–Kier alpha value is -3.28. The van der Waals surface area contributed by atoms with E-state index < -0.39 is 0 Å². The molecule has 0 unspecified atom stereocenters. The third-order valence-electron chi connectivity index (χ3n) is 5.69. The number of para-hydroxylation sites is 1. The summed E-state index contributed by atoms with van der Waals surface area (Å²) in [5.41, 5.74) is 2.96. The number of likely N-dealkylation sites (N-methyl/N-ethyl adjacent to an activating group) is 1. The lowest BCUT2D eigenvalue weighted by molar-refractivity contribution is -0.137. The van der Waals surface area contributed by atoms with Crippen molar-refractivity contribution >= 4 is 23.1 Å². The maximum Gasteiger partial charge on any atom is 0.277 e. The van der Waals surface area contributed by atoms with Crippen LogP contribution in [0.25, 0.3) is 5.57 Å². The average Bonchev–Trinajstić information content (AvgIpc) is 3.04. The Morgan fingerprint density at radius 2 is 1.45 bits per heavy atom. The third kappa shape index (κ3) is 4.15. The number of benzene rings is 2. The molecule has 2 aromatic rings. The zero-order chi connectivity index (χ0) is 22.0. The number of carbonyl (C=O) groups excluding carboxylic acids is 2. The number of ether oxygens (including phenoxy) is 1. The first-order valence-electron chi connectivity index (χ1n) is 10.9. The molecule has 0 saturated carbocycles. The Morgan fingerprint density at radius 1 is 0.839 bits per heavy atom. The summed E-state index contributed by atoms with van der Waals surface area (Å²) in [7, 11) is 0. The van der Waals surface area contributed by atoms with Gasteiger partial charge in [0.1, 0.15) is 11.4 Å². The molecular weight excluding hydrogens is 390 g/mol. The number of nitrogens with zero attached hydrogens (tertiary/aromatic N) is 3. The van der Waals surface area contributed by atoms with Gasteiger partial charge in [0.05, 0.1) is 11.7 Å². The number of hydrogen-bond acceptors (Lipinski definition) is 5. The van der Waals surface area contributed by atoms with Crippen LogP contribution in [0.4, 0.5) is 5.69 Å². The largest absolute Gasteiger partial charge is 0.491 e. The molecule has 0 aliphatic carbocycles. The minimum absolute atomic E-state index is 0.0758. The van der Waals surface area contributed by atoms with Crippen molar-refractivity contribution in [2.45, 2.75) is 26.9 Å². The fourth-order valence-electron chi connectivity index (χ4n) is 4.20. The van der Waals surface area contributed by atoms with Gasteiger partial charge in [-0.15, -0.1) is 0 Å². The maximum absolute atomic E-state index is 13.2. The Morgan fingerprint density at radius 3 is 2.03 bits per heavy atom. The molecule has 2 heterocycles. The summed E-state index contributed by atoms with van der Waals surface area (Å²) in [5.74, 6) is 0.338. The summed E-state index contributed by atoms with van der Waals surface area (Å²) < 4.78 is 5.72. The molecule has 0 atom stereocenters. The Kier molecular flexibility index (Phi) is 5.98. The summed E-state index contributed by atoms with van der Waals surface area (Å²) in [6.45, 7) is 9.14. The molecule has 1 saturated heterocycles. The normalized spacial score (nSPS) is 17.2. The topological polar surface area (TPSA) is 53.1 Å². The first kappa shape index (κ1) is 21.0. The molecule has 0 bridgehead atoms. The van der Waals surface area contributed by atoms with Gasteiger partial charge in [-0.25, -0.2) is 0 Å². The van der Waals surface area contributed by atoms with E-state index in [1.165, 1.54) is 10.6 Å². The molecule has 0 spiro atoms. The summed E-state index contributed by atoms with van der Waals surface area (Å²) in [6.07, 6.45) is 0.0758.